The summed E-state index contributed by atoms with van der Waals surface area (Å²) in [5.41, 5.74) is 2.48. The van der Waals surface area contributed by atoms with Crippen LogP contribution in [0.2, 0.25) is 0 Å². The molecule has 0 radical (unpaired) electrons. The van der Waals surface area contributed by atoms with E-state index in [0.717, 1.165) is 18.7 Å². The lowest BCUT2D eigenvalue weighted by Crippen LogP contribution is -2.40. The van der Waals surface area contributed by atoms with Gasteiger partial charge in [0.2, 0.25) is 0 Å². The lowest BCUT2D eigenvalue weighted by molar-refractivity contribution is 0.117. The summed E-state index contributed by atoms with van der Waals surface area (Å²) in [5.74, 6) is 1.91. The Hall–Kier alpha value is -1.33. The zero-order chi connectivity index (χ0) is 14.7. The van der Waals surface area contributed by atoms with E-state index in [-0.39, 0.29) is 6.04 Å². The van der Waals surface area contributed by atoms with Crippen molar-refractivity contribution in [1.29, 1.82) is 5.26 Å². The van der Waals surface area contributed by atoms with Gasteiger partial charge in [0.15, 0.2) is 0 Å². The molecular formula is C18H26N2. The van der Waals surface area contributed by atoms with Crippen LogP contribution in [0.4, 0.5) is 0 Å². The van der Waals surface area contributed by atoms with Crippen LogP contribution >= 0.6 is 0 Å². The van der Waals surface area contributed by atoms with Crippen molar-refractivity contribution in [3.63, 3.8) is 0 Å². The fraction of sp³-hybridized carbons (Fsp3) is 0.611. The van der Waals surface area contributed by atoms with Gasteiger partial charge >= 0.3 is 0 Å². The number of piperidine rings is 1. The number of hydrogen-bond donors (Lipinski definition) is 0. The molecule has 0 amide bonds. The summed E-state index contributed by atoms with van der Waals surface area (Å²) in [4.78, 5) is 2.35. The van der Waals surface area contributed by atoms with Crippen LogP contribution in [0.1, 0.15) is 57.2 Å². The molecule has 2 heteroatoms. The summed E-state index contributed by atoms with van der Waals surface area (Å²) in [6.07, 6.45) is 1.28. The molecule has 2 rings (SSSR count). The van der Waals surface area contributed by atoms with Gasteiger partial charge in [-0.1, -0.05) is 52.0 Å². The molecule has 1 aliphatic heterocycles. The van der Waals surface area contributed by atoms with E-state index < -0.39 is 0 Å². The molecule has 1 saturated heterocycles. The van der Waals surface area contributed by atoms with Crippen molar-refractivity contribution in [2.75, 3.05) is 13.1 Å². The van der Waals surface area contributed by atoms with Crippen LogP contribution in [0.3, 0.4) is 0 Å². The smallest absolute Gasteiger partial charge is 0.123 e. The molecule has 1 heterocycles. The maximum absolute atomic E-state index is 9.59. The highest BCUT2D eigenvalue weighted by atomic mass is 15.2. The fourth-order valence-corrected chi connectivity index (χ4v) is 3.35. The first-order valence-corrected chi connectivity index (χ1v) is 7.74. The average Bonchev–Trinajstić information content (AvgIpc) is 2.39. The van der Waals surface area contributed by atoms with E-state index >= 15 is 0 Å². The molecule has 0 bridgehead atoms. The van der Waals surface area contributed by atoms with Crippen LogP contribution in [0.25, 0.3) is 0 Å². The number of rotatable bonds is 3. The Morgan fingerprint density at radius 3 is 2.00 bits per heavy atom. The number of likely N-dealkylation sites (tertiary alicyclic amines) is 1. The number of nitriles is 1. The van der Waals surface area contributed by atoms with Gasteiger partial charge in [0.1, 0.15) is 6.04 Å². The first kappa shape index (κ1) is 15.1. The van der Waals surface area contributed by atoms with Crippen molar-refractivity contribution in [2.45, 2.75) is 46.1 Å². The Morgan fingerprint density at radius 1 is 1.05 bits per heavy atom. The highest BCUT2D eigenvalue weighted by molar-refractivity contribution is 5.30. The van der Waals surface area contributed by atoms with Crippen LogP contribution in [0.5, 0.6) is 0 Å². The monoisotopic (exact) mass is 270 g/mol. The van der Waals surface area contributed by atoms with E-state index in [2.05, 4.69) is 62.9 Å². The highest BCUT2D eigenvalue weighted by Crippen LogP contribution is 2.29. The third-order valence-corrected chi connectivity index (χ3v) is 4.30. The van der Waals surface area contributed by atoms with Crippen LogP contribution in [0, 0.1) is 23.2 Å². The predicted octanol–water partition coefficient (Wildman–Crippen LogP) is 4.35. The Balaban J connectivity index is 2.17. The van der Waals surface area contributed by atoms with Gasteiger partial charge in [-0.15, -0.1) is 0 Å². The predicted molar refractivity (Wildman–Crippen MR) is 83.4 cm³/mol. The fourth-order valence-electron chi connectivity index (χ4n) is 3.35. The molecule has 3 atom stereocenters. The molecule has 1 aromatic carbocycles. The van der Waals surface area contributed by atoms with Gasteiger partial charge in [0, 0.05) is 13.1 Å². The molecule has 20 heavy (non-hydrogen) atoms. The summed E-state index contributed by atoms with van der Waals surface area (Å²) in [6, 6.07) is 11.0. The standard InChI is InChI=1S/C18H26N2/c1-13(2)16-5-7-17(8-6-16)18(10-19)20-11-14(3)9-15(4)12-20/h5-8,13-15,18H,9,11-12H2,1-4H3. The van der Waals surface area contributed by atoms with Crippen molar-refractivity contribution in [3.8, 4) is 6.07 Å². The second kappa shape index (κ2) is 6.41. The zero-order valence-corrected chi connectivity index (χ0v) is 13.1. The van der Waals surface area contributed by atoms with Crippen molar-refractivity contribution < 1.29 is 0 Å². The summed E-state index contributed by atoms with van der Waals surface area (Å²) in [6.45, 7) is 11.1. The minimum Gasteiger partial charge on any atom is -0.284 e. The molecule has 0 N–H and O–H groups in total. The van der Waals surface area contributed by atoms with E-state index in [0.29, 0.717) is 17.8 Å². The number of hydrogen-bond acceptors (Lipinski definition) is 2. The Morgan fingerprint density at radius 2 is 1.55 bits per heavy atom. The quantitative estimate of drug-likeness (QED) is 0.816. The number of benzene rings is 1. The summed E-state index contributed by atoms with van der Waals surface area (Å²) in [7, 11) is 0. The van der Waals surface area contributed by atoms with Gasteiger partial charge in [0.05, 0.1) is 6.07 Å². The molecule has 2 nitrogen and oxygen atoms in total. The molecule has 1 aromatic rings. The normalized spacial score (nSPS) is 25.4. The first-order valence-electron chi connectivity index (χ1n) is 7.74. The second-order valence-corrected chi connectivity index (χ2v) is 6.75. The van der Waals surface area contributed by atoms with Crippen molar-refractivity contribution in [3.05, 3.63) is 35.4 Å². The molecule has 1 aliphatic rings. The summed E-state index contributed by atoms with van der Waals surface area (Å²) >= 11 is 0. The Labute approximate surface area is 123 Å². The Kier molecular flexibility index (Phi) is 4.83. The second-order valence-electron chi connectivity index (χ2n) is 6.75. The summed E-state index contributed by atoms with van der Waals surface area (Å²) in [5, 5.41) is 9.59. The maximum atomic E-state index is 9.59. The molecule has 0 saturated carbocycles. The van der Waals surface area contributed by atoms with E-state index in [1.54, 1.807) is 0 Å². The Bertz CT molecular complexity index is 459. The van der Waals surface area contributed by atoms with Gasteiger partial charge in [-0.2, -0.15) is 5.26 Å². The highest BCUT2D eigenvalue weighted by Gasteiger charge is 2.28. The molecular weight excluding hydrogens is 244 g/mol. The number of nitrogens with zero attached hydrogens (tertiary/aromatic N) is 2. The van der Waals surface area contributed by atoms with Crippen LogP contribution in [0.15, 0.2) is 24.3 Å². The largest absolute Gasteiger partial charge is 0.284 e. The average molecular weight is 270 g/mol. The lowest BCUT2D eigenvalue weighted by Gasteiger charge is -2.37. The van der Waals surface area contributed by atoms with E-state index in [1.165, 1.54) is 12.0 Å². The van der Waals surface area contributed by atoms with Crippen LogP contribution < -0.4 is 0 Å². The van der Waals surface area contributed by atoms with E-state index in [4.69, 9.17) is 0 Å². The van der Waals surface area contributed by atoms with Crippen molar-refractivity contribution >= 4 is 0 Å². The van der Waals surface area contributed by atoms with Gasteiger partial charge in [-0.3, -0.25) is 4.90 Å². The van der Waals surface area contributed by atoms with Gasteiger partial charge < -0.3 is 0 Å². The molecule has 108 valence electrons. The van der Waals surface area contributed by atoms with Crippen LogP contribution in [-0.2, 0) is 0 Å². The SMILES string of the molecule is CC1CC(C)CN(C(C#N)c2ccc(C(C)C)cc2)C1. The molecule has 3 unspecified atom stereocenters. The zero-order valence-electron chi connectivity index (χ0n) is 13.1. The summed E-state index contributed by atoms with van der Waals surface area (Å²) < 4.78 is 0. The maximum Gasteiger partial charge on any atom is 0.123 e. The minimum absolute atomic E-state index is 0.0959. The first-order chi connectivity index (χ1) is 9.51. The van der Waals surface area contributed by atoms with Gasteiger partial charge in [-0.25, -0.2) is 0 Å². The topological polar surface area (TPSA) is 27.0 Å². The van der Waals surface area contributed by atoms with E-state index in [9.17, 15) is 5.26 Å². The van der Waals surface area contributed by atoms with Crippen molar-refractivity contribution in [1.82, 2.24) is 4.90 Å². The van der Waals surface area contributed by atoms with Crippen molar-refractivity contribution in [2.24, 2.45) is 11.8 Å². The minimum atomic E-state index is -0.0959. The molecule has 0 aliphatic carbocycles. The van der Waals surface area contributed by atoms with Crippen LogP contribution in [-0.4, -0.2) is 18.0 Å². The molecule has 0 aromatic heterocycles. The third-order valence-electron chi connectivity index (χ3n) is 4.30. The molecule has 1 fully saturated rings. The molecule has 0 spiro atoms. The van der Waals surface area contributed by atoms with Gasteiger partial charge in [0.25, 0.3) is 0 Å². The van der Waals surface area contributed by atoms with E-state index in [1.807, 2.05) is 0 Å². The lowest BCUT2D eigenvalue weighted by atomic mass is 9.89. The third kappa shape index (κ3) is 3.41. The van der Waals surface area contributed by atoms with Gasteiger partial charge in [-0.05, 0) is 35.3 Å².